The molecule has 2 aromatic carbocycles. The highest BCUT2D eigenvalue weighted by Gasteiger charge is 2.31. The molecule has 3 rings (SSSR count). The van der Waals surface area contributed by atoms with E-state index in [0.717, 1.165) is 24.4 Å². The molecule has 1 N–H and O–H groups in total. The molecular weight excluding hydrogens is 361 g/mol. The Labute approximate surface area is 133 Å². The smallest absolute Gasteiger partial charge is 0.128 e. The molecule has 0 fully saturated rings. The van der Waals surface area contributed by atoms with Gasteiger partial charge in [-0.25, -0.2) is 0 Å². The molecule has 0 aromatic heterocycles. The van der Waals surface area contributed by atoms with Crippen molar-refractivity contribution in [3.8, 4) is 5.75 Å². The third-order valence-electron chi connectivity index (χ3n) is 3.50. The second-order valence-electron chi connectivity index (χ2n) is 5.80. The second-order valence-corrected chi connectivity index (χ2v) is 7.05. The highest BCUT2D eigenvalue weighted by atomic mass is 127. The third-order valence-corrected chi connectivity index (χ3v) is 4.22. The van der Waals surface area contributed by atoms with Crippen molar-refractivity contribution in [2.45, 2.75) is 32.4 Å². The Hall–Kier alpha value is -1.23. The van der Waals surface area contributed by atoms with Crippen LogP contribution in [-0.4, -0.2) is 5.60 Å². The Kier molecular flexibility index (Phi) is 3.63. The van der Waals surface area contributed by atoms with E-state index in [1.807, 2.05) is 0 Å². The zero-order chi connectivity index (χ0) is 14.2. The summed E-state index contributed by atoms with van der Waals surface area (Å²) in [5.41, 5.74) is 3.60. The fourth-order valence-electron chi connectivity index (χ4n) is 2.58. The van der Waals surface area contributed by atoms with E-state index < -0.39 is 0 Å². The lowest BCUT2D eigenvalue weighted by molar-refractivity contribution is 0.137. The fourth-order valence-corrected chi connectivity index (χ4v) is 2.94. The van der Waals surface area contributed by atoms with Gasteiger partial charge in [-0.3, -0.25) is 0 Å². The number of fused-ring (bicyclic) bond motifs is 1. The number of ether oxygens (including phenoxy) is 1. The fraction of sp³-hybridized carbons (Fsp3) is 0.294. The lowest BCUT2D eigenvalue weighted by Crippen LogP contribution is -2.25. The van der Waals surface area contributed by atoms with Crippen LogP contribution in [0.5, 0.6) is 5.75 Å². The molecule has 0 saturated carbocycles. The van der Waals surface area contributed by atoms with E-state index in [1.165, 1.54) is 14.7 Å². The van der Waals surface area contributed by atoms with Gasteiger partial charge in [0.05, 0.1) is 0 Å². The maximum Gasteiger partial charge on any atom is 0.128 e. The largest absolute Gasteiger partial charge is 0.487 e. The van der Waals surface area contributed by atoms with Crippen molar-refractivity contribution in [2.24, 2.45) is 0 Å². The van der Waals surface area contributed by atoms with Gasteiger partial charge in [-0.05, 0) is 66.3 Å². The summed E-state index contributed by atoms with van der Waals surface area (Å²) in [4.78, 5) is 0. The summed E-state index contributed by atoms with van der Waals surface area (Å²) in [6.45, 7) is 5.08. The first-order valence-electron chi connectivity index (χ1n) is 6.83. The van der Waals surface area contributed by atoms with Crippen LogP contribution in [0.15, 0.2) is 42.5 Å². The van der Waals surface area contributed by atoms with Crippen LogP contribution in [0.1, 0.15) is 25.0 Å². The van der Waals surface area contributed by atoms with Gasteiger partial charge in [-0.2, -0.15) is 0 Å². The molecular formula is C17H18INO. The Morgan fingerprint density at radius 3 is 2.65 bits per heavy atom. The van der Waals surface area contributed by atoms with Gasteiger partial charge in [-0.1, -0.05) is 18.2 Å². The van der Waals surface area contributed by atoms with Crippen molar-refractivity contribution >= 4 is 28.3 Å². The summed E-state index contributed by atoms with van der Waals surface area (Å²) in [5.74, 6) is 1.07. The van der Waals surface area contributed by atoms with Crippen molar-refractivity contribution in [3.63, 3.8) is 0 Å². The minimum Gasteiger partial charge on any atom is -0.487 e. The molecule has 1 aliphatic rings. The minimum absolute atomic E-state index is 0.0820. The van der Waals surface area contributed by atoms with Crippen molar-refractivity contribution in [2.75, 3.05) is 5.32 Å². The van der Waals surface area contributed by atoms with Crippen LogP contribution in [0, 0.1) is 3.57 Å². The van der Waals surface area contributed by atoms with Gasteiger partial charge >= 0.3 is 0 Å². The number of nitrogens with one attached hydrogen (secondary N) is 1. The van der Waals surface area contributed by atoms with Crippen LogP contribution in [-0.2, 0) is 13.0 Å². The summed E-state index contributed by atoms with van der Waals surface area (Å²) in [5, 5.41) is 3.46. The van der Waals surface area contributed by atoms with Crippen molar-refractivity contribution in [1.82, 2.24) is 0 Å². The predicted octanol–water partition coefficient (Wildman–Crippen LogP) is 4.62. The average molecular weight is 379 g/mol. The molecule has 1 heterocycles. The molecule has 0 bridgehead atoms. The number of para-hydroxylation sites is 1. The van der Waals surface area contributed by atoms with Crippen molar-refractivity contribution in [3.05, 3.63) is 57.2 Å². The first-order chi connectivity index (χ1) is 9.53. The Morgan fingerprint density at radius 2 is 1.90 bits per heavy atom. The monoisotopic (exact) mass is 379 g/mol. The zero-order valence-electron chi connectivity index (χ0n) is 11.7. The second kappa shape index (κ2) is 5.28. The molecule has 104 valence electrons. The summed E-state index contributed by atoms with van der Waals surface area (Å²) in [6, 6.07) is 14.9. The highest BCUT2D eigenvalue weighted by Crippen LogP contribution is 2.37. The number of benzene rings is 2. The lowest BCUT2D eigenvalue weighted by Gasteiger charge is -2.18. The molecule has 0 saturated heterocycles. The van der Waals surface area contributed by atoms with Gasteiger partial charge in [0, 0.05) is 27.8 Å². The van der Waals surface area contributed by atoms with E-state index in [-0.39, 0.29) is 5.60 Å². The molecule has 2 nitrogen and oxygen atoms in total. The van der Waals surface area contributed by atoms with Crippen LogP contribution >= 0.6 is 22.6 Å². The molecule has 3 heteroatoms. The zero-order valence-corrected chi connectivity index (χ0v) is 13.9. The van der Waals surface area contributed by atoms with Gasteiger partial charge in [0.2, 0.25) is 0 Å². The standard InChI is InChI=1S/C17H18INO/c1-17(2)10-12-4-3-5-13(16(12)20-17)11-19-15-8-6-14(18)7-9-15/h3-9,19H,10-11H2,1-2H3. The first-order valence-corrected chi connectivity index (χ1v) is 7.91. The number of hydrogen-bond acceptors (Lipinski definition) is 2. The number of halogens is 1. The van der Waals surface area contributed by atoms with E-state index in [0.29, 0.717) is 0 Å². The summed E-state index contributed by atoms with van der Waals surface area (Å²) in [7, 11) is 0. The molecule has 0 atom stereocenters. The van der Waals surface area contributed by atoms with Gasteiger partial charge in [0.1, 0.15) is 11.4 Å². The van der Waals surface area contributed by atoms with Crippen LogP contribution in [0.2, 0.25) is 0 Å². The number of anilines is 1. The molecule has 2 aromatic rings. The number of hydrogen-bond donors (Lipinski definition) is 1. The van der Waals surface area contributed by atoms with E-state index in [1.54, 1.807) is 0 Å². The maximum absolute atomic E-state index is 6.09. The van der Waals surface area contributed by atoms with Gasteiger partial charge in [0.25, 0.3) is 0 Å². The van der Waals surface area contributed by atoms with Crippen molar-refractivity contribution < 1.29 is 4.74 Å². The van der Waals surface area contributed by atoms with E-state index in [9.17, 15) is 0 Å². The molecule has 0 unspecified atom stereocenters. The third kappa shape index (κ3) is 2.92. The first kappa shape index (κ1) is 13.7. The topological polar surface area (TPSA) is 21.3 Å². The van der Waals surface area contributed by atoms with E-state index >= 15 is 0 Å². The minimum atomic E-state index is -0.0820. The molecule has 0 aliphatic carbocycles. The Bertz CT molecular complexity index is 619. The quantitative estimate of drug-likeness (QED) is 0.786. The summed E-state index contributed by atoms with van der Waals surface area (Å²) in [6.07, 6.45) is 0.986. The molecule has 0 amide bonds. The van der Waals surface area contributed by atoms with E-state index in [4.69, 9.17) is 4.74 Å². The highest BCUT2D eigenvalue weighted by molar-refractivity contribution is 14.1. The van der Waals surface area contributed by atoms with Crippen LogP contribution < -0.4 is 10.1 Å². The Morgan fingerprint density at radius 1 is 1.15 bits per heavy atom. The number of rotatable bonds is 3. The van der Waals surface area contributed by atoms with E-state index in [2.05, 4.69) is 84.2 Å². The van der Waals surface area contributed by atoms with Crippen LogP contribution in [0.3, 0.4) is 0 Å². The average Bonchev–Trinajstić information content (AvgIpc) is 2.72. The molecule has 20 heavy (non-hydrogen) atoms. The molecule has 0 radical (unpaired) electrons. The van der Waals surface area contributed by atoms with Crippen molar-refractivity contribution in [1.29, 1.82) is 0 Å². The molecule has 1 aliphatic heterocycles. The van der Waals surface area contributed by atoms with Gasteiger partial charge < -0.3 is 10.1 Å². The predicted molar refractivity (Wildman–Crippen MR) is 91.3 cm³/mol. The van der Waals surface area contributed by atoms with Crippen LogP contribution in [0.4, 0.5) is 5.69 Å². The summed E-state index contributed by atoms with van der Waals surface area (Å²) >= 11 is 2.32. The maximum atomic E-state index is 6.09. The Balaban J connectivity index is 1.76. The van der Waals surface area contributed by atoms with Gasteiger partial charge in [-0.15, -0.1) is 0 Å². The molecule has 0 spiro atoms. The normalized spacial score (nSPS) is 15.6. The lowest BCUT2D eigenvalue weighted by atomic mass is 10.0. The summed E-state index contributed by atoms with van der Waals surface area (Å²) < 4.78 is 7.34. The van der Waals surface area contributed by atoms with Gasteiger partial charge in [0.15, 0.2) is 0 Å². The van der Waals surface area contributed by atoms with Crippen LogP contribution in [0.25, 0.3) is 0 Å². The SMILES string of the molecule is CC1(C)Cc2cccc(CNc3ccc(I)cc3)c2O1.